The van der Waals surface area contributed by atoms with Crippen LogP contribution < -0.4 is 10.1 Å². The molecule has 1 amide bonds. The number of ether oxygens (including phenoxy) is 1. The number of nitrogens with zero attached hydrogens (tertiary/aromatic N) is 4. The van der Waals surface area contributed by atoms with Gasteiger partial charge in [0.1, 0.15) is 17.9 Å². The van der Waals surface area contributed by atoms with E-state index in [1.807, 2.05) is 41.9 Å². The fraction of sp³-hybridized carbons (Fsp3) is 0.444. The standard InChI is InChI=1S/C27H33N5O4S/c1-31-19-28-30-27(31)21-9-12-32(13-10-21)16-23-15-22(20-5-3-2-4-6-20)7-8-25(23)36-17-26(33)29-24-11-14-37(34,35)18-24/h2-8,15,19,21,24H,9-14,16-18H2,1H3,(H,29,33). The van der Waals surface area contributed by atoms with E-state index in [-0.39, 0.29) is 30.1 Å². The Morgan fingerprint density at radius 2 is 1.86 bits per heavy atom. The minimum absolute atomic E-state index is 0.0000554. The van der Waals surface area contributed by atoms with Gasteiger partial charge in [-0.25, -0.2) is 8.42 Å². The second kappa shape index (κ2) is 11.0. The van der Waals surface area contributed by atoms with Crippen molar-refractivity contribution in [2.45, 2.75) is 37.8 Å². The normalized spacial score (nSPS) is 20.1. The Kier molecular flexibility index (Phi) is 7.57. The summed E-state index contributed by atoms with van der Waals surface area (Å²) in [4.78, 5) is 14.9. The molecule has 2 fully saturated rings. The van der Waals surface area contributed by atoms with Crippen molar-refractivity contribution >= 4 is 15.7 Å². The largest absolute Gasteiger partial charge is 0.483 e. The summed E-state index contributed by atoms with van der Waals surface area (Å²) < 4.78 is 31.4. The number of aryl methyl sites for hydroxylation is 1. The van der Waals surface area contributed by atoms with Gasteiger partial charge in [-0.3, -0.25) is 9.69 Å². The van der Waals surface area contributed by atoms with Gasteiger partial charge in [0.15, 0.2) is 16.4 Å². The van der Waals surface area contributed by atoms with Crippen LogP contribution in [0.3, 0.4) is 0 Å². The highest BCUT2D eigenvalue weighted by atomic mass is 32.2. The first kappa shape index (κ1) is 25.4. The molecule has 0 saturated carbocycles. The number of likely N-dealkylation sites (tertiary alicyclic amines) is 1. The number of sulfone groups is 1. The van der Waals surface area contributed by atoms with E-state index >= 15 is 0 Å². The summed E-state index contributed by atoms with van der Waals surface area (Å²) in [5.41, 5.74) is 3.24. The Balaban J connectivity index is 1.26. The molecule has 9 nitrogen and oxygen atoms in total. The lowest BCUT2D eigenvalue weighted by Crippen LogP contribution is -2.38. The molecule has 5 rings (SSSR count). The number of hydrogen-bond donors (Lipinski definition) is 1. The van der Waals surface area contributed by atoms with E-state index < -0.39 is 9.84 Å². The van der Waals surface area contributed by atoms with E-state index in [1.54, 1.807) is 6.33 Å². The fourth-order valence-corrected chi connectivity index (χ4v) is 6.90. The third-order valence-electron chi connectivity index (χ3n) is 7.22. The number of nitrogens with one attached hydrogen (secondary N) is 1. The zero-order valence-corrected chi connectivity index (χ0v) is 21.9. The van der Waals surface area contributed by atoms with Gasteiger partial charge in [0.2, 0.25) is 0 Å². The summed E-state index contributed by atoms with van der Waals surface area (Å²) in [6, 6.07) is 15.9. The summed E-state index contributed by atoms with van der Waals surface area (Å²) in [5.74, 6) is 1.93. The van der Waals surface area contributed by atoms with Crippen molar-refractivity contribution < 1.29 is 17.9 Å². The molecule has 2 aliphatic rings. The van der Waals surface area contributed by atoms with Crippen LogP contribution in [-0.4, -0.2) is 71.2 Å². The van der Waals surface area contributed by atoms with E-state index in [0.29, 0.717) is 24.6 Å². The number of hydrogen-bond acceptors (Lipinski definition) is 7. The van der Waals surface area contributed by atoms with Crippen LogP contribution in [0.25, 0.3) is 11.1 Å². The van der Waals surface area contributed by atoms with Gasteiger partial charge < -0.3 is 14.6 Å². The Morgan fingerprint density at radius 3 is 2.54 bits per heavy atom. The molecule has 3 aromatic rings. The molecule has 0 radical (unpaired) electrons. The van der Waals surface area contributed by atoms with Crippen LogP contribution >= 0.6 is 0 Å². The third-order valence-corrected chi connectivity index (χ3v) is 8.98. The van der Waals surface area contributed by atoms with Crippen molar-refractivity contribution in [3.63, 3.8) is 0 Å². The second-order valence-corrected chi connectivity index (χ2v) is 12.2. The lowest BCUT2D eigenvalue weighted by Gasteiger charge is -2.32. The minimum Gasteiger partial charge on any atom is -0.483 e. The number of rotatable bonds is 8. The van der Waals surface area contributed by atoms with Crippen LogP contribution in [0.4, 0.5) is 0 Å². The Morgan fingerprint density at radius 1 is 1.08 bits per heavy atom. The number of carbonyl (C=O) groups is 1. The molecule has 2 aliphatic heterocycles. The summed E-state index contributed by atoms with van der Waals surface area (Å²) in [6.45, 7) is 2.43. The molecular formula is C27H33N5O4S. The maximum absolute atomic E-state index is 12.5. The van der Waals surface area contributed by atoms with Crippen LogP contribution in [0, 0.1) is 0 Å². The molecule has 0 bridgehead atoms. The molecule has 10 heteroatoms. The van der Waals surface area contributed by atoms with Crippen LogP contribution in [0.15, 0.2) is 54.9 Å². The highest BCUT2D eigenvalue weighted by Gasteiger charge is 2.29. The van der Waals surface area contributed by atoms with Crippen molar-refractivity contribution in [1.82, 2.24) is 25.0 Å². The molecule has 2 aromatic carbocycles. The number of benzene rings is 2. The Bertz CT molecular complexity index is 1330. The topological polar surface area (TPSA) is 106 Å². The molecule has 1 atom stereocenters. The number of carbonyl (C=O) groups excluding carboxylic acids is 1. The molecule has 196 valence electrons. The van der Waals surface area contributed by atoms with Gasteiger partial charge in [-0.1, -0.05) is 36.4 Å². The van der Waals surface area contributed by atoms with E-state index in [4.69, 9.17) is 4.74 Å². The summed E-state index contributed by atoms with van der Waals surface area (Å²) in [6.07, 6.45) is 4.22. The van der Waals surface area contributed by atoms with Crippen molar-refractivity contribution in [3.8, 4) is 16.9 Å². The molecule has 1 unspecified atom stereocenters. The average molecular weight is 524 g/mol. The van der Waals surface area contributed by atoms with E-state index in [0.717, 1.165) is 48.4 Å². The number of aromatic nitrogens is 3. The minimum atomic E-state index is -3.05. The maximum Gasteiger partial charge on any atom is 0.258 e. The van der Waals surface area contributed by atoms with Gasteiger partial charge in [-0.05, 0) is 55.6 Å². The maximum atomic E-state index is 12.5. The molecule has 0 spiro atoms. The second-order valence-electron chi connectivity index (χ2n) is 10.00. The monoisotopic (exact) mass is 523 g/mol. The van der Waals surface area contributed by atoms with Crippen LogP contribution in [0.2, 0.25) is 0 Å². The molecule has 3 heterocycles. The van der Waals surface area contributed by atoms with Crippen molar-refractivity contribution in [2.75, 3.05) is 31.2 Å². The van der Waals surface area contributed by atoms with E-state index in [2.05, 4.69) is 38.6 Å². The first-order valence-corrected chi connectivity index (χ1v) is 14.6. The van der Waals surface area contributed by atoms with Gasteiger partial charge in [0.05, 0.1) is 11.5 Å². The van der Waals surface area contributed by atoms with Crippen molar-refractivity contribution in [2.24, 2.45) is 7.05 Å². The quantitative estimate of drug-likeness (QED) is 0.484. The average Bonchev–Trinajstić information content (AvgIpc) is 3.48. The van der Waals surface area contributed by atoms with Gasteiger partial charge in [-0.15, -0.1) is 10.2 Å². The molecule has 2 saturated heterocycles. The van der Waals surface area contributed by atoms with Crippen molar-refractivity contribution in [1.29, 1.82) is 0 Å². The highest BCUT2D eigenvalue weighted by molar-refractivity contribution is 7.91. The van der Waals surface area contributed by atoms with Crippen molar-refractivity contribution in [3.05, 3.63) is 66.2 Å². The Labute approximate surface area is 217 Å². The summed E-state index contributed by atoms with van der Waals surface area (Å²) in [7, 11) is -1.06. The number of amides is 1. The summed E-state index contributed by atoms with van der Waals surface area (Å²) in [5, 5.41) is 11.1. The lowest BCUT2D eigenvalue weighted by atomic mass is 9.95. The molecular weight excluding hydrogens is 490 g/mol. The predicted molar refractivity (Wildman–Crippen MR) is 141 cm³/mol. The molecule has 1 N–H and O–H groups in total. The Hall–Kier alpha value is -3.24. The highest BCUT2D eigenvalue weighted by Crippen LogP contribution is 2.31. The molecule has 1 aromatic heterocycles. The van der Waals surface area contributed by atoms with Gasteiger partial charge in [-0.2, -0.15) is 0 Å². The van der Waals surface area contributed by atoms with E-state index in [1.165, 1.54) is 0 Å². The fourth-order valence-electron chi connectivity index (χ4n) is 5.23. The lowest BCUT2D eigenvalue weighted by molar-refractivity contribution is -0.123. The van der Waals surface area contributed by atoms with E-state index in [9.17, 15) is 13.2 Å². The zero-order chi connectivity index (χ0) is 25.8. The number of piperidine rings is 1. The first-order valence-electron chi connectivity index (χ1n) is 12.7. The van der Waals surface area contributed by atoms with Gasteiger partial charge in [0.25, 0.3) is 5.91 Å². The smallest absolute Gasteiger partial charge is 0.258 e. The van der Waals surface area contributed by atoms with Crippen LogP contribution in [0.5, 0.6) is 5.75 Å². The predicted octanol–water partition coefficient (Wildman–Crippen LogP) is 2.54. The van der Waals surface area contributed by atoms with Gasteiger partial charge >= 0.3 is 0 Å². The molecule has 0 aliphatic carbocycles. The SMILES string of the molecule is Cn1cnnc1C1CCN(Cc2cc(-c3ccccc3)ccc2OCC(=O)NC2CCS(=O)(=O)C2)CC1. The first-order chi connectivity index (χ1) is 17.9. The van der Waals surface area contributed by atoms with Gasteiger partial charge in [0, 0.05) is 31.1 Å². The van der Waals surface area contributed by atoms with Crippen LogP contribution in [-0.2, 0) is 28.2 Å². The third kappa shape index (κ3) is 6.37. The zero-order valence-electron chi connectivity index (χ0n) is 21.0. The molecule has 37 heavy (non-hydrogen) atoms. The summed E-state index contributed by atoms with van der Waals surface area (Å²) >= 11 is 0. The van der Waals surface area contributed by atoms with Crippen LogP contribution in [0.1, 0.15) is 36.6 Å².